The number of ether oxygens (including phenoxy) is 1. The van der Waals surface area contributed by atoms with E-state index in [1.54, 1.807) is 7.11 Å². The molecule has 1 N–H and O–H groups in total. The first-order valence-electron chi connectivity index (χ1n) is 4.64. The van der Waals surface area contributed by atoms with Crippen LogP contribution in [-0.4, -0.2) is 48.3 Å². The van der Waals surface area contributed by atoms with Crippen molar-refractivity contribution in [3.8, 4) is 0 Å². The molecule has 0 saturated carbocycles. The first-order valence-corrected chi connectivity index (χ1v) is 4.64. The molecule has 4 heteroatoms. The minimum atomic E-state index is -0.708. The normalized spacial score (nSPS) is 26.2. The van der Waals surface area contributed by atoms with Crippen LogP contribution >= 0.6 is 0 Å². The van der Waals surface area contributed by atoms with Gasteiger partial charge < -0.3 is 9.84 Å². The van der Waals surface area contributed by atoms with E-state index in [2.05, 4.69) is 0 Å². The molecule has 0 bridgehead atoms. The van der Waals surface area contributed by atoms with Crippen molar-refractivity contribution in [3.63, 3.8) is 0 Å². The lowest BCUT2D eigenvalue weighted by atomic mass is 10.2. The van der Waals surface area contributed by atoms with Gasteiger partial charge in [0.15, 0.2) is 0 Å². The molecule has 0 aromatic heterocycles. The molecule has 1 rings (SSSR count). The van der Waals surface area contributed by atoms with Crippen molar-refractivity contribution in [2.45, 2.75) is 31.9 Å². The van der Waals surface area contributed by atoms with Crippen molar-refractivity contribution in [3.05, 3.63) is 0 Å². The van der Waals surface area contributed by atoms with E-state index in [0.29, 0.717) is 6.54 Å². The van der Waals surface area contributed by atoms with E-state index in [9.17, 15) is 4.79 Å². The second kappa shape index (κ2) is 4.58. The van der Waals surface area contributed by atoms with Gasteiger partial charge >= 0.3 is 5.97 Å². The van der Waals surface area contributed by atoms with E-state index >= 15 is 0 Å². The quantitative estimate of drug-likeness (QED) is 0.699. The fourth-order valence-corrected chi connectivity index (χ4v) is 1.73. The van der Waals surface area contributed by atoms with Crippen molar-refractivity contribution < 1.29 is 14.6 Å². The molecule has 1 aliphatic rings. The number of nitrogens with zero attached hydrogens (tertiary/aromatic N) is 1. The van der Waals surface area contributed by atoms with Crippen molar-refractivity contribution in [2.24, 2.45) is 0 Å². The Morgan fingerprint density at radius 2 is 2.46 bits per heavy atom. The van der Waals surface area contributed by atoms with E-state index < -0.39 is 5.97 Å². The predicted octanol–water partition coefficient (Wildman–Crippen LogP) is 0.570. The summed E-state index contributed by atoms with van der Waals surface area (Å²) in [4.78, 5) is 12.8. The fraction of sp³-hybridized carbons (Fsp3) is 0.889. The molecule has 1 saturated heterocycles. The highest BCUT2D eigenvalue weighted by atomic mass is 16.5. The zero-order valence-corrected chi connectivity index (χ0v) is 8.19. The van der Waals surface area contributed by atoms with Gasteiger partial charge in [0.1, 0.15) is 6.04 Å². The van der Waals surface area contributed by atoms with Crippen LogP contribution in [0.4, 0.5) is 0 Å². The average Bonchev–Trinajstić information content (AvgIpc) is 2.52. The molecule has 2 unspecified atom stereocenters. The molecule has 0 aromatic rings. The van der Waals surface area contributed by atoms with Crippen LogP contribution in [0.15, 0.2) is 0 Å². The van der Waals surface area contributed by atoms with E-state index in [-0.39, 0.29) is 12.1 Å². The van der Waals surface area contributed by atoms with Crippen LogP contribution < -0.4 is 0 Å². The Hall–Kier alpha value is -0.610. The maximum Gasteiger partial charge on any atom is 0.320 e. The Balaban J connectivity index is 2.44. The molecule has 0 radical (unpaired) electrons. The summed E-state index contributed by atoms with van der Waals surface area (Å²) in [5, 5.41) is 8.89. The maximum absolute atomic E-state index is 10.8. The third kappa shape index (κ3) is 2.67. The Labute approximate surface area is 78.5 Å². The van der Waals surface area contributed by atoms with Crippen molar-refractivity contribution in [2.75, 3.05) is 20.2 Å². The predicted molar refractivity (Wildman–Crippen MR) is 48.7 cm³/mol. The second-order valence-corrected chi connectivity index (χ2v) is 3.54. The highest BCUT2D eigenvalue weighted by molar-refractivity contribution is 5.73. The minimum Gasteiger partial charge on any atom is -0.480 e. The Morgan fingerprint density at radius 3 is 3.00 bits per heavy atom. The third-order valence-electron chi connectivity index (χ3n) is 2.54. The van der Waals surface area contributed by atoms with Crippen LogP contribution in [0.3, 0.4) is 0 Å². The summed E-state index contributed by atoms with van der Waals surface area (Å²) in [6.45, 7) is 3.55. The number of rotatable bonds is 4. The molecular weight excluding hydrogens is 170 g/mol. The molecule has 0 aliphatic carbocycles. The number of carboxylic acids is 1. The molecule has 2 atom stereocenters. The Kier molecular flexibility index (Phi) is 3.69. The monoisotopic (exact) mass is 187 g/mol. The number of carbonyl (C=O) groups is 1. The highest BCUT2D eigenvalue weighted by Gasteiger charge is 2.30. The largest absolute Gasteiger partial charge is 0.480 e. The molecule has 1 heterocycles. The highest BCUT2D eigenvalue weighted by Crippen LogP contribution is 2.17. The van der Waals surface area contributed by atoms with Crippen LogP contribution in [0.5, 0.6) is 0 Å². The van der Waals surface area contributed by atoms with Crippen LogP contribution in [0.1, 0.15) is 19.8 Å². The van der Waals surface area contributed by atoms with Gasteiger partial charge in [0.05, 0.1) is 6.10 Å². The van der Waals surface area contributed by atoms with Crippen molar-refractivity contribution >= 4 is 5.97 Å². The molecular formula is C9H17NO3. The molecule has 1 aliphatic heterocycles. The lowest BCUT2D eigenvalue weighted by molar-refractivity contribution is -0.142. The smallest absolute Gasteiger partial charge is 0.320 e. The lowest BCUT2D eigenvalue weighted by Crippen LogP contribution is -2.40. The van der Waals surface area contributed by atoms with Gasteiger partial charge in [-0.2, -0.15) is 0 Å². The van der Waals surface area contributed by atoms with Gasteiger partial charge in [0.2, 0.25) is 0 Å². The number of methoxy groups -OCH3 is 1. The van der Waals surface area contributed by atoms with E-state index in [1.165, 1.54) is 0 Å². The summed E-state index contributed by atoms with van der Waals surface area (Å²) >= 11 is 0. The summed E-state index contributed by atoms with van der Waals surface area (Å²) < 4.78 is 5.11. The van der Waals surface area contributed by atoms with E-state index in [1.807, 2.05) is 11.8 Å². The third-order valence-corrected chi connectivity index (χ3v) is 2.54. The van der Waals surface area contributed by atoms with Gasteiger partial charge in [-0.05, 0) is 26.3 Å². The summed E-state index contributed by atoms with van der Waals surface area (Å²) in [6.07, 6.45) is 1.86. The van der Waals surface area contributed by atoms with Crippen LogP contribution in [-0.2, 0) is 9.53 Å². The molecule has 76 valence electrons. The SMILES string of the molecule is COC(C)CN1CCCC1C(=O)O. The molecule has 0 aromatic carbocycles. The van der Waals surface area contributed by atoms with Gasteiger partial charge in [-0.15, -0.1) is 0 Å². The summed E-state index contributed by atoms with van der Waals surface area (Å²) in [7, 11) is 1.65. The summed E-state index contributed by atoms with van der Waals surface area (Å²) in [6, 6.07) is -0.294. The van der Waals surface area contributed by atoms with E-state index in [4.69, 9.17) is 9.84 Å². The molecule has 13 heavy (non-hydrogen) atoms. The van der Waals surface area contributed by atoms with Gasteiger partial charge in [0, 0.05) is 13.7 Å². The maximum atomic E-state index is 10.8. The van der Waals surface area contributed by atoms with Crippen molar-refractivity contribution in [1.29, 1.82) is 0 Å². The van der Waals surface area contributed by atoms with Gasteiger partial charge in [-0.3, -0.25) is 9.69 Å². The fourth-order valence-electron chi connectivity index (χ4n) is 1.73. The Morgan fingerprint density at radius 1 is 1.77 bits per heavy atom. The van der Waals surface area contributed by atoms with Gasteiger partial charge in [-0.25, -0.2) is 0 Å². The summed E-state index contributed by atoms with van der Waals surface area (Å²) in [5.41, 5.74) is 0. The second-order valence-electron chi connectivity index (χ2n) is 3.54. The van der Waals surface area contributed by atoms with Gasteiger partial charge in [0.25, 0.3) is 0 Å². The topological polar surface area (TPSA) is 49.8 Å². The molecule has 0 amide bonds. The zero-order valence-electron chi connectivity index (χ0n) is 8.19. The number of hydrogen-bond acceptors (Lipinski definition) is 3. The first-order chi connectivity index (χ1) is 6.15. The van der Waals surface area contributed by atoms with Crippen LogP contribution in [0.25, 0.3) is 0 Å². The lowest BCUT2D eigenvalue weighted by Gasteiger charge is -2.23. The molecule has 4 nitrogen and oxygen atoms in total. The Bertz CT molecular complexity index is 184. The van der Waals surface area contributed by atoms with Crippen LogP contribution in [0.2, 0.25) is 0 Å². The van der Waals surface area contributed by atoms with Crippen molar-refractivity contribution in [1.82, 2.24) is 4.90 Å². The summed E-state index contributed by atoms with van der Waals surface area (Å²) in [5.74, 6) is -0.708. The zero-order chi connectivity index (χ0) is 9.84. The van der Waals surface area contributed by atoms with E-state index in [0.717, 1.165) is 19.4 Å². The number of likely N-dealkylation sites (tertiary alicyclic amines) is 1. The number of aliphatic carboxylic acids is 1. The van der Waals surface area contributed by atoms with Gasteiger partial charge in [-0.1, -0.05) is 0 Å². The number of hydrogen-bond donors (Lipinski definition) is 1. The average molecular weight is 187 g/mol. The first kappa shape index (κ1) is 10.5. The molecule has 0 spiro atoms. The standard InChI is InChI=1S/C9H17NO3/c1-7(13-2)6-10-5-3-4-8(10)9(11)12/h7-8H,3-6H2,1-2H3,(H,11,12). The number of carboxylic acid groups (broad SMARTS) is 1. The minimum absolute atomic E-state index is 0.111. The van der Waals surface area contributed by atoms with Crippen LogP contribution in [0, 0.1) is 0 Å². The molecule has 1 fully saturated rings.